The summed E-state index contributed by atoms with van der Waals surface area (Å²) in [5.41, 5.74) is 4.00. The third-order valence-electron chi connectivity index (χ3n) is 4.18. The SMILES string of the molecule is COc1ccc(-c2cc3cc(CCCO)cc(OC)c3o2)c(C)c1. The summed E-state index contributed by atoms with van der Waals surface area (Å²) in [6.07, 6.45) is 1.54. The van der Waals surface area contributed by atoms with E-state index >= 15 is 0 Å². The van der Waals surface area contributed by atoms with E-state index in [9.17, 15) is 0 Å². The Balaban J connectivity index is 2.07. The van der Waals surface area contributed by atoms with Gasteiger partial charge in [0.05, 0.1) is 14.2 Å². The fraction of sp³-hybridized carbons (Fsp3) is 0.300. The first-order valence-corrected chi connectivity index (χ1v) is 8.02. The monoisotopic (exact) mass is 326 g/mol. The fourth-order valence-electron chi connectivity index (χ4n) is 2.93. The fourth-order valence-corrected chi connectivity index (χ4v) is 2.93. The lowest BCUT2D eigenvalue weighted by atomic mass is 10.0. The summed E-state index contributed by atoms with van der Waals surface area (Å²) in [6.45, 7) is 2.22. The Hall–Kier alpha value is -2.46. The molecule has 0 unspecified atom stereocenters. The van der Waals surface area contributed by atoms with Crippen molar-refractivity contribution in [2.45, 2.75) is 19.8 Å². The standard InChI is InChI=1S/C20H22O4/c1-13-9-16(22-2)6-7-17(13)18-12-15-10-14(5-4-8-21)11-19(23-3)20(15)24-18/h6-7,9-12,21H,4-5,8H2,1-3H3. The minimum atomic E-state index is 0.183. The zero-order valence-electron chi connectivity index (χ0n) is 14.3. The predicted molar refractivity (Wildman–Crippen MR) is 94.9 cm³/mol. The molecular formula is C20H22O4. The van der Waals surface area contributed by atoms with Gasteiger partial charge in [0.25, 0.3) is 0 Å². The molecule has 1 aromatic heterocycles. The summed E-state index contributed by atoms with van der Waals surface area (Å²) in [6, 6.07) is 12.0. The summed E-state index contributed by atoms with van der Waals surface area (Å²) >= 11 is 0. The summed E-state index contributed by atoms with van der Waals surface area (Å²) in [5.74, 6) is 2.36. The molecule has 1 N–H and O–H groups in total. The summed E-state index contributed by atoms with van der Waals surface area (Å²) in [4.78, 5) is 0. The minimum Gasteiger partial charge on any atom is -0.497 e. The predicted octanol–water partition coefficient (Wildman–Crippen LogP) is 4.35. The molecule has 0 bridgehead atoms. The number of aliphatic hydroxyl groups is 1. The van der Waals surface area contributed by atoms with Crippen LogP contribution in [0.3, 0.4) is 0 Å². The maximum atomic E-state index is 9.03. The van der Waals surface area contributed by atoms with Crippen LogP contribution in [-0.2, 0) is 6.42 Å². The molecular weight excluding hydrogens is 304 g/mol. The maximum absolute atomic E-state index is 9.03. The zero-order valence-corrected chi connectivity index (χ0v) is 14.3. The van der Waals surface area contributed by atoms with Gasteiger partial charge in [0.15, 0.2) is 11.3 Å². The third kappa shape index (κ3) is 3.10. The highest BCUT2D eigenvalue weighted by atomic mass is 16.5. The van der Waals surface area contributed by atoms with Crippen molar-refractivity contribution < 1.29 is 19.0 Å². The van der Waals surface area contributed by atoms with Gasteiger partial charge in [-0.3, -0.25) is 0 Å². The largest absolute Gasteiger partial charge is 0.497 e. The van der Waals surface area contributed by atoms with Crippen molar-refractivity contribution in [3.63, 3.8) is 0 Å². The summed E-state index contributed by atoms with van der Waals surface area (Å²) < 4.78 is 16.8. The van der Waals surface area contributed by atoms with Gasteiger partial charge in [0.1, 0.15) is 11.5 Å². The molecule has 3 aromatic rings. The quantitative estimate of drug-likeness (QED) is 0.731. The second-order valence-electron chi connectivity index (χ2n) is 5.84. The van der Waals surface area contributed by atoms with E-state index in [4.69, 9.17) is 19.0 Å². The lowest BCUT2D eigenvalue weighted by molar-refractivity contribution is 0.288. The molecule has 0 saturated carbocycles. The Bertz CT molecular complexity index is 848. The molecule has 1 heterocycles. The van der Waals surface area contributed by atoms with E-state index in [0.29, 0.717) is 0 Å². The lowest BCUT2D eigenvalue weighted by Gasteiger charge is -2.06. The summed E-state index contributed by atoms with van der Waals surface area (Å²) in [7, 11) is 3.31. The lowest BCUT2D eigenvalue weighted by Crippen LogP contribution is -1.91. The first-order valence-electron chi connectivity index (χ1n) is 8.02. The number of ether oxygens (including phenoxy) is 2. The van der Waals surface area contributed by atoms with Crippen LogP contribution in [0.4, 0.5) is 0 Å². The third-order valence-corrected chi connectivity index (χ3v) is 4.18. The van der Waals surface area contributed by atoms with Gasteiger partial charge < -0.3 is 19.0 Å². The van der Waals surface area contributed by atoms with Crippen LogP contribution in [0.2, 0.25) is 0 Å². The van der Waals surface area contributed by atoms with Gasteiger partial charge in [-0.1, -0.05) is 0 Å². The van der Waals surface area contributed by atoms with Crippen LogP contribution in [0.1, 0.15) is 17.5 Å². The van der Waals surface area contributed by atoms with Crippen LogP contribution in [0.25, 0.3) is 22.3 Å². The van der Waals surface area contributed by atoms with E-state index in [2.05, 4.69) is 6.07 Å². The topological polar surface area (TPSA) is 51.8 Å². The van der Waals surface area contributed by atoms with E-state index in [-0.39, 0.29) is 6.61 Å². The molecule has 126 valence electrons. The van der Waals surface area contributed by atoms with E-state index in [1.54, 1.807) is 14.2 Å². The first-order chi connectivity index (χ1) is 11.7. The Kier molecular flexibility index (Phi) is 4.76. The molecule has 0 aliphatic heterocycles. The molecule has 0 spiro atoms. The van der Waals surface area contributed by atoms with Crippen molar-refractivity contribution in [1.29, 1.82) is 0 Å². The van der Waals surface area contributed by atoms with E-state index in [0.717, 1.165) is 57.8 Å². The van der Waals surface area contributed by atoms with Crippen LogP contribution >= 0.6 is 0 Å². The number of benzene rings is 2. The van der Waals surface area contributed by atoms with Gasteiger partial charge in [-0.25, -0.2) is 0 Å². The number of aliphatic hydroxyl groups excluding tert-OH is 1. The number of furan rings is 1. The normalized spacial score (nSPS) is 11.0. The number of hydrogen-bond acceptors (Lipinski definition) is 4. The Labute approximate surface area is 141 Å². The molecule has 0 saturated heterocycles. The van der Waals surface area contributed by atoms with Crippen molar-refractivity contribution in [2.75, 3.05) is 20.8 Å². The first kappa shape index (κ1) is 16.4. The zero-order chi connectivity index (χ0) is 17.1. The molecule has 0 radical (unpaired) electrons. The average molecular weight is 326 g/mol. The number of rotatable bonds is 6. The van der Waals surface area contributed by atoms with Crippen molar-refractivity contribution in [1.82, 2.24) is 0 Å². The highest BCUT2D eigenvalue weighted by Gasteiger charge is 2.14. The highest BCUT2D eigenvalue weighted by molar-refractivity contribution is 5.88. The van der Waals surface area contributed by atoms with Gasteiger partial charge in [-0.2, -0.15) is 0 Å². The molecule has 0 atom stereocenters. The molecule has 3 rings (SSSR count). The van der Waals surface area contributed by atoms with Crippen molar-refractivity contribution >= 4 is 11.0 Å². The van der Waals surface area contributed by atoms with Crippen molar-refractivity contribution in [3.8, 4) is 22.8 Å². The number of hydrogen-bond donors (Lipinski definition) is 1. The van der Waals surface area contributed by atoms with Crippen LogP contribution < -0.4 is 9.47 Å². The van der Waals surface area contributed by atoms with Gasteiger partial charge in [0.2, 0.25) is 0 Å². The van der Waals surface area contributed by atoms with Crippen molar-refractivity contribution in [3.05, 3.63) is 47.5 Å². The molecule has 24 heavy (non-hydrogen) atoms. The van der Waals surface area contributed by atoms with Crippen molar-refractivity contribution in [2.24, 2.45) is 0 Å². The van der Waals surface area contributed by atoms with Crippen LogP contribution in [0.5, 0.6) is 11.5 Å². The van der Waals surface area contributed by atoms with Gasteiger partial charge in [0, 0.05) is 17.6 Å². The second-order valence-corrected chi connectivity index (χ2v) is 5.84. The number of aryl methyl sites for hydroxylation is 2. The number of fused-ring (bicyclic) bond motifs is 1. The van der Waals surface area contributed by atoms with Gasteiger partial charge in [-0.15, -0.1) is 0 Å². The van der Waals surface area contributed by atoms with Crippen LogP contribution in [0, 0.1) is 6.92 Å². The molecule has 2 aromatic carbocycles. The molecule has 0 aliphatic carbocycles. The highest BCUT2D eigenvalue weighted by Crippen LogP contribution is 2.36. The molecule has 4 heteroatoms. The van der Waals surface area contributed by atoms with Gasteiger partial charge in [-0.05, 0) is 67.3 Å². The smallest absolute Gasteiger partial charge is 0.176 e. The van der Waals surface area contributed by atoms with Crippen LogP contribution in [-0.4, -0.2) is 25.9 Å². The Morgan fingerprint density at radius 1 is 1.04 bits per heavy atom. The maximum Gasteiger partial charge on any atom is 0.176 e. The van der Waals surface area contributed by atoms with E-state index in [1.807, 2.05) is 37.3 Å². The molecule has 0 aliphatic rings. The molecule has 0 fully saturated rings. The summed E-state index contributed by atoms with van der Waals surface area (Å²) in [5, 5.41) is 10.0. The average Bonchev–Trinajstić information content (AvgIpc) is 3.02. The Morgan fingerprint density at radius 2 is 1.88 bits per heavy atom. The van der Waals surface area contributed by atoms with Crippen LogP contribution in [0.15, 0.2) is 40.8 Å². The van der Waals surface area contributed by atoms with E-state index in [1.165, 1.54) is 0 Å². The second kappa shape index (κ2) is 6.97. The molecule has 4 nitrogen and oxygen atoms in total. The van der Waals surface area contributed by atoms with E-state index < -0.39 is 0 Å². The minimum absolute atomic E-state index is 0.183. The van der Waals surface area contributed by atoms with Gasteiger partial charge >= 0.3 is 0 Å². The Morgan fingerprint density at radius 3 is 2.54 bits per heavy atom. The molecule has 0 amide bonds. The number of methoxy groups -OCH3 is 2.